The van der Waals surface area contributed by atoms with Gasteiger partial charge < -0.3 is 21.2 Å². The van der Waals surface area contributed by atoms with Crippen molar-refractivity contribution < 1.29 is 9.13 Å². The van der Waals surface area contributed by atoms with Crippen molar-refractivity contribution in [3.05, 3.63) is 32.7 Å². The summed E-state index contributed by atoms with van der Waals surface area (Å²) in [6, 6.07) is 1.13. The Morgan fingerprint density at radius 3 is 2.64 bits per heavy atom. The van der Waals surface area contributed by atoms with Crippen LogP contribution in [0, 0.1) is 17.2 Å². The van der Waals surface area contributed by atoms with E-state index in [9.17, 15) is 9.59 Å². The van der Waals surface area contributed by atoms with Crippen LogP contribution in [0.5, 0.6) is 5.75 Å². The van der Waals surface area contributed by atoms with E-state index in [1.165, 1.54) is 17.7 Å². The lowest BCUT2D eigenvalue weighted by atomic mass is 10.1. The molecular formula is C18H23ClFN5O3. The fourth-order valence-electron chi connectivity index (χ4n) is 4.68. The van der Waals surface area contributed by atoms with Crippen molar-refractivity contribution >= 4 is 29.0 Å². The van der Waals surface area contributed by atoms with Crippen LogP contribution in [-0.2, 0) is 0 Å². The van der Waals surface area contributed by atoms with Gasteiger partial charge in [0.15, 0.2) is 11.6 Å². The van der Waals surface area contributed by atoms with Crippen molar-refractivity contribution in [2.24, 2.45) is 17.1 Å². The predicted molar refractivity (Wildman–Crippen MR) is 106 cm³/mol. The number of hydrogen-bond acceptors (Lipinski definition) is 6. The Bertz CT molecular complexity index is 1090. The molecule has 1 aromatic heterocycles. The Hall–Kier alpha value is -2.26. The number of halogens is 2. The molecule has 1 saturated heterocycles. The first-order valence-electron chi connectivity index (χ1n) is 9.19. The maximum Gasteiger partial charge on any atom is 0.350 e. The van der Waals surface area contributed by atoms with Gasteiger partial charge in [0.2, 0.25) is 0 Å². The van der Waals surface area contributed by atoms with Crippen LogP contribution in [-0.4, -0.2) is 36.0 Å². The molecule has 2 atom stereocenters. The number of nitrogen functional groups attached to an aromatic ring is 1. The number of anilines is 1. The van der Waals surface area contributed by atoms with Gasteiger partial charge in [0.05, 0.1) is 12.5 Å². The van der Waals surface area contributed by atoms with Gasteiger partial charge in [-0.1, -0.05) is 0 Å². The highest BCUT2D eigenvalue weighted by Crippen LogP contribution is 2.58. The normalized spacial score (nSPS) is 25.5. The number of rotatable bonds is 4. The molecule has 152 valence electrons. The molecule has 2 unspecified atom stereocenters. The maximum atomic E-state index is 15.1. The molecular weight excluding hydrogens is 389 g/mol. The molecule has 4 N–H and O–H groups in total. The van der Waals surface area contributed by atoms with Crippen molar-refractivity contribution in [3.8, 4) is 5.75 Å². The van der Waals surface area contributed by atoms with E-state index in [4.69, 9.17) is 16.3 Å². The van der Waals surface area contributed by atoms with Gasteiger partial charge in [-0.15, -0.1) is 12.4 Å². The zero-order chi connectivity index (χ0) is 19.1. The third kappa shape index (κ3) is 2.39. The van der Waals surface area contributed by atoms with E-state index in [1.807, 2.05) is 4.90 Å². The van der Waals surface area contributed by atoms with Crippen LogP contribution in [0.4, 0.5) is 10.1 Å². The molecule has 1 aromatic carbocycles. The molecule has 3 fully saturated rings. The lowest BCUT2D eigenvalue weighted by Crippen LogP contribution is -2.44. The molecule has 0 bridgehead atoms. The largest absolute Gasteiger partial charge is 0.492 e. The summed E-state index contributed by atoms with van der Waals surface area (Å²) in [5.41, 5.74) is 5.27. The Kier molecular flexibility index (Phi) is 4.17. The topological polar surface area (TPSA) is 109 Å². The second-order valence-corrected chi connectivity index (χ2v) is 8.04. The molecule has 3 aliphatic rings. The summed E-state index contributed by atoms with van der Waals surface area (Å²) in [6.45, 7) is 1.91. The van der Waals surface area contributed by atoms with Gasteiger partial charge in [-0.2, -0.15) is 4.68 Å². The first-order chi connectivity index (χ1) is 12.9. The third-order valence-corrected chi connectivity index (χ3v) is 6.43. The second-order valence-electron chi connectivity index (χ2n) is 8.04. The molecule has 5 rings (SSSR count). The van der Waals surface area contributed by atoms with Gasteiger partial charge in [0.25, 0.3) is 5.56 Å². The minimum absolute atomic E-state index is 0. The monoisotopic (exact) mass is 411 g/mol. The van der Waals surface area contributed by atoms with Crippen LogP contribution in [0.1, 0.15) is 25.3 Å². The number of aromatic nitrogens is 2. The van der Waals surface area contributed by atoms with Crippen LogP contribution in [0.25, 0.3) is 10.9 Å². The van der Waals surface area contributed by atoms with Crippen molar-refractivity contribution in [2.75, 3.05) is 37.5 Å². The number of fused-ring (bicyclic) bond motifs is 2. The quantitative estimate of drug-likeness (QED) is 0.712. The molecule has 2 aromatic rings. The fourth-order valence-corrected chi connectivity index (χ4v) is 4.68. The number of methoxy groups -OCH3 is 1. The van der Waals surface area contributed by atoms with E-state index >= 15 is 4.39 Å². The number of hydrogen-bond donors (Lipinski definition) is 2. The molecule has 2 saturated carbocycles. The summed E-state index contributed by atoms with van der Waals surface area (Å²) in [7, 11) is 1.43. The maximum absolute atomic E-state index is 15.1. The van der Waals surface area contributed by atoms with Gasteiger partial charge >= 0.3 is 5.69 Å². The molecule has 2 aliphatic carbocycles. The first-order valence-corrected chi connectivity index (χ1v) is 9.19. The standard InChI is InChI=1S/C18H22FN5O3.ClH/c1-27-15-13-11(16(25)24(21)17(26)23(13)10-2-3-10)4-12(19)14(15)22-6-9-5-18(9,7-20)8-22;/h4,9-10H,2-3,5-8,20-21H2,1H3;1H. The van der Waals surface area contributed by atoms with Gasteiger partial charge in [-0.25, -0.2) is 9.18 Å². The molecule has 0 spiro atoms. The van der Waals surface area contributed by atoms with E-state index in [2.05, 4.69) is 0 Å². The fraction of sp³-hybridized carbons (Fsp3) is 0.556. The summed E-state index contributed by atoms with van der Waals surface area (Å²) in [5.74, 6) is 5.78. The zero-order valence-electron chi connectivity index (χ0n) is 15.5. The summed E-state index contributed by atoms with van der Waals surface area (Å²) in [5, 5.41) is 0.0556. The number of piperidine rings is 1. The summed E-state index contributed by atoms with van der Waals surface area (Å²) in [4.78, 5) is 27.1. The van der Waals surface area contributed by atoms with Crippen LogP contribution < -0.4 is 32.5 Å². The van der Waals surface area contributed by atoms with E-state index in [1.54, 1.807) is 0 Å². The highest BCUT2D eigenvalue weighted by Gasteiger charge is 2.59. The molecule has 10 heteroatoms. The van der Waals surface area contributed by atoms with Gasteiger partial charge in [-0.05, 0) is 37.8 Å². The van der Waals surface area contributed by atoms with Crippen molar-refractivity contribution in [1.82, 2.24) is 9.24 Å². The van der Waals surface area contributed by atoms with Crippen molar-refractivity contribution in [2.45, 2.75) is 25.3 Å². The minimum Gasteiger partial charge on any atom is -0.492 e. The predicted octanol–water partition coefficient (Wildman–Crippen LogP) is 0.566. The average molecular weight is 412 g/mol. The van der Waals surface area contributed by atoms with E-state index in [0.29, 0.717) is 41.4 Å². The second kappa shape index (κ2) is 6.12. The lowest BCUT2D eigenvalue weighted by molar-refractivity contribution is 0.411. The number of nitrogens with two attached hydrogens (primary N) is 2. The Morgan fingerprint density at radius 1 is 1.36 bits per heavy atom. The van der Waals surface area contributed by atoms with Crippen LogP contribution >= 0.6 is 12.4 Å². The lowest BCUT2D eigenvalue weighted by Gasteiger charge is -2.26. The summed E-state index contributed by atoms with van der Waals surface area (Å²) < 4.78 is 22.7. The number of benzene rings is 1. The van der Waals surface area contributed by atoms with Gasteiger partial charge in [0, 0.05) is 24.5 Å². The molecule has 0 amide bonds. The molecule has 28 heavy (non-hydrogen) atoms. The Morgan fingerprint density at radius 2 is 2.07 bits per heavy atom. The smallest absolute Gasteiger partial charge is 0.350 e. The molecule has 1 aliphatic heterocycles. The summed E-state index contributed by atoms with van der Waals surface area (Å²) >= 11 is 0. The number of ether oxygens (including phenoxy) is 1. The van der Waals surface area contributed by atoms with Crippen LogP contribution in [0.15, 0.2) is 15.7 Å². The third-order valence-electron chi connectivity index (χ3n) is 6.43. The SMILES string of the molecule is COc1c(N2CC3CC3(CN)C2)c(F)cc2c(=O)n(N)c(=O)n(C3CC3)c12.Cl. The van der Waals surface area contributed by atoms with Gasteiger partial charge in [-0.3, -0.25) is 9.36 Å². The van der Waals surface area contributed by atoms with Crippen molar-refractivity contribution in [3.63, 3.8) is 0 Å². The van der Waals surface area contributed by atoms with E-state index < -0.39 is 17.1 Å². The Balaban J connectivity index is 0.00000192. The Labute approximate surface area is 166 Å². The van der Waals surface area contributed by atoms with Crippen molar-refractivity contribution in [1.29, 1.82) is 0 Å². The minimum atomic E-state index is -0.724. The molecule has 8 nitrogen and oxygen atoms in total. The molecule has 2 heterocycles. The van der Waals surface area contributed by atoms with E-state index in [-0.39, 0.29) is 35.0 Å². The highest BCUT2D eigenvalue weighted by molar-refractivity contribution is 5.91. The number of nitrogens with zero attached hydrogens (tertiary/aromatic N) is 3. The van der Waals surface area contributed by atoms with E-state index in [0.717, 1.165) is 19.3 Å². The zero-order valence-corrected chi connectivity index (χ0v) is 16.3. The molecule has 0 radical (unpaired) electrons. The average Bonchev–Trinajstić information content (AvgIpc) is 3.58. The van der Waals surface area contributed by atoms with Crippen LogP contribution in [0.3, 0.4) is 0 Å². The van der Waals surface area contributed by atoms with Gasteiger partial charge in [0.1, 0.15) is 11.2 Å². The highest BCUT2D eigenvalue weighted by atomic mass is 35.5. The van der Waals surface area contributed by atoms with Crippen LogP contribution in [0.2, 0.25) is 0 Å². The summed E-state index contributed by atoms with van der Waals surface area (Å²) in [6.07, 6.45) is 2.68. The first kappa shape index (κ1) is 19.1.